The van der Waals surface area contributed by atoms with Gasteiger partial charge in [-0.05, 0) is 38.1 Å². The van der Waals surface area contributed by atoms with Gasteiger partial charge in [-0.3, -0.25) is 9.80 Å². The summed E-state index contributed by atoms with van der Waals surface area (Å²) < 4.78 is 6.03. The molecule has 3 rings (SSSR count). The first-order valence-electron chi connectivity index (χ1n) is 9.33. The number of aliphatic carboxylic acids is 1. The standard InChI is InChI=1S/C19H29N3O3.3ClH/c1-2-19(18(23)24,25-17-6-4-3-5-7-17)22-14-12-21(13-15-22)16-8-10-20-11-9-16;;;/h3-7,16,20H,2,8-15H2,1H3,(H,23,24);3*1H. The van der Waals surface area contributed by atoms with E-state index < -0.39 is 11.7 Å². The van der Waals surface area contributed by atoms with Crippen LogP contribution in [0.5, 0.6) is 5.75 Å². The van der Waals surface area contributed by atoms with Gasteiger partial charge < -0.3 is 15.2 Å². The minimum Gasteiger partial charge on any atom is -0.477 e. The summed E-state index contributed by atoms with van der Waals surface area (Å²) in [6.45, 7) is 7.28. The monoisotopic (exact) mass is 455 g/mol. The number of rotatable bonds is 6. The molecule has 2 N–H and O–H groups in total. The maximum Gasteiger partial charge on any atom is 0.364 e. The largest absolute Gasteiger partial charge is 0.477 e. The summed E-state index contributed by atoms with van der Waals surface area (Å²) in [6.07, 6.45) is 2.77. The first kappa shape index (κ1) is 27.2. The van der Waals surface area contributed by atoms with Crippen molar-refractivity contribution in [2.24, 2.45) is 0 Å². The second kappa shape index (κ2) is 12.7. The fraction of sp³-hybridized carbons (Fsp3) is 0.632. The predicted octanol–water partition coefficient (Wildman–Crippen LogP) is 2.89. The van der Waals surface area contributed by atoms with Crippen LogP contribution in [0.1, 0.15) is 26.2 Å². The highest BCUT2D eigenvalue weighted by Gasteiger charge is 2.47. The fourth-order valence-electron chi connectivity index (χ4n) is 3.99. The molecule has 2 saturated heterocycles. The third kappa shape index (κ3) is 6.12. The van der Waals surface area contributed by atoms with Crippen LogP contribution in [0.15, 0.2) is 30.3 Å². The molecule has 0 aromatic heterocycles. The number of halogens is 3. The normalized spacial score (nSPS) is 20.6. The first-order chi connectivity index (χ1) is 12.2. The van der Waals surface area contributed by atoms with Crippen molar-refractivity contribution in [3.8, 4) is 5.75 Å². The number of hydrogen-bond acceptors (Lipinski definition) is 5. The molecule has 2 fully saturated rings. The van der Waals surface area contributed by atoms with Gasteiger partial charge in [0, 0.05) is 38.6 Å². The van der Waals surface area contributed by atoms with Crippen LogP contribution >= 0.6 is 37.2 Å². The molecule has 2 aliphatic heterocycles. The number of para-hydroxylation sites is 1. The van der Waals surface area contributed by atoms with Gasteiger partial charge in [0.1, 0.15) is 5.75 Å². The fourth-order valence-corrected chi connectivity index (χ4v) is 3.99. The van der Waals surface area contributed by atoms with E-state index in [0.29, 0.717) is 18.2 Å². The first-order valence-corrected chi connectivity index (χ1v) is 9.33. The van der Waals surface area contributed by atoms with E-state index in [1.165, 1.54) is 12.8 Å². The highest BCUT2D eigenvalue weighted by atomic mass is 35.5. The zero-order valence-electron chi connectivity index (χ0n) is 16.2. The van der Waals surface area contributed by atoms with E-state index in [2.05, 4.69) is 10.2 Å². The van der Waals surface area contributed by atoms with E-state index in [4.69, 9.17) is 4.74 Å². The number of nitrogens with one attached hydrogen (secondary N) is 1. The Balaban J connectivity index is 0.00000243. The minimum absolute atomic E-state index is 0. The molecule has 1 aromatic rings. The Morgan fingerprint density at radius 3 is 2.18 bits per heavy atom. The van der Waals surface area contributed by atoms with Gasteiger partial charge in [0.15, 0.2) is 0 Å². The van der Waals surface area contributed by atoms with Gasteiger partial charge in [0.05, 0.1) is 0 Å². The topological polar surface area (TPSA) is 65.0 Å². The lowest BCUT2D eigenvalue weighted by molar-refractivity contribution is -0.181. The molecule has 1 unspecified atom stereocenters. The minimum atomic E-state index is -1.29. The van der Waals surface area contributed by atoms with Crippen molar-refractivity contribution in [1.29, 1.82) is 0 Å². The third-order valence-electron chi connectivity index (χ3n) is 5.49. The van der Waals surface area contributed by atoms with E-state index in [-0.39, 0.29) is 37.2 Å². The maximum atomic E-state index is 12.2. The summed E-state index contributed by atoms with van der Waals surface area (Å²) in [6, 6.07) is 9.90. The third-order valence-corrected chi connectivity index (χ3v) is 5.49. The molecular weight excluding hydrogens is 425 g/mol. The van der Waals surface area contributed by atoms with Gasteiger partial charge >= 0.3 is 5.97 Å². The summed E-state index contributed by atoms with van der Waals surface area (Å²) in [5, 5.41) is 13.4. The molecule has 162 valence electrons. The number of nitrogens with zero attached hydrogens (tertiary/aromatic N) is 2. The van der Waals surface area contributed by atoms with Crippen molar-refractivity contribution >= 4 is 43.2 Å². The molecule has 1 atom stereocenters. The molecule has 0 saturated carbocycles. The summed E-state index contributed by atoms with van der Waals surface area (Å²) in [5.41, 5.74) is -1.29. The maximum absolute atomic E-state index is 12.2. The molecule has 0 amide bonds. The molecule has 0 spiro atoms. The van der Waals surface area contributed by atoms with Crippen LogP contribution in [0.4, 0.5) is 0 Å². The predicted molar refractivity (Wildman–Crippen MR) is 119 cm³/mol. The smallest absolute Gasteiger partial charge is 0.364 e. The lowest BCUT2D eigenvalue weighted by Gasteiger charge is -2.46. The molecule has 1 aromatic carbocycles. The zero-order valence-corrected chi connectivity index (χ0v) is 18.7. The highest BCUT2D eigenvalue weighted by molar-refractivity contribution is 5.86. The molecule has 9 heteroatoms. The van der Waals surface area contributed by atoms with Crippen LogP contribution in [-0.2, 0) is 4.79 Å². The second-order valence-electron chi connectivity index (χ2n) is 6.86. The number of piperazine rings is 1. The summed E-state index contributed by atoms with van der Waals surface area (Å²) in [7, 11) is 0. The van der Waals surface area contributed by atoms with Crippen LogP contribution in [0, 0.1) is 0 Å². The van der Waals surface area contributed by atoms with Crippen molar-refractivity contribution in [2.45, 2.75) is 38.0 Å². The van der Waals surface area contributed by atoms with Crippen LogP contribution < -0.4 is 10.1 Å². The lowest BCUT2D eigenvalue weighted by atomic mass is 10.0. The molecular formula is C19H32Cl3N3O3. The number of carboxylic acid groups (broad SMARTS) is 1. The van der Waals surface area contributed by atoms with Crippen molar-refractivity contribution in [3.63, 3.8) is 0 Å². The Kier molecular flexibility index (Phi) is 12.4. The number of hydrogen-bond donors (Lipinski definition) is 2. The lowest BCUT2D eigenvalue weighted by Crippen LogP contribution is -2.64. The molecule has 28 heavy (non-hydrogen) atoms. The second-order valence-corrected chi connectivity index (χ2v) is 6.86. The van der Waals surface area contributed by atoms with Crippen molar-refractivity contribution in [2.75, 3.05) is 39.3 Å². The SMILES string of the molecule is CCC(Oc1ccccc1)(C(=O)O)N1CCN(C2CCNCC2)CC1.Cl.Cl.Cl. The Bertz CT molecular complexity index is 568. The van der Waals surface area contributed by atoms with Crippen molar-refractivity contribution in [1.82, 2.24) is 15.1 Å². The summed E-state index contributed by atoms with van der Waals surface area (Å²) in [4.78, 5) is 16.7. The van der Waals surface area contributed by atoms with Crippen molar-refractivity contribution < 1.29 is 14.6 Å². The van der Waals surface area contributed by atoms with Gasteiger partial charge in [-0.2, -0.15) is 0 Å². The average molecular weight is 457 g/mol. The average Bonchev–Trinajstić information content (AvgIpc) is 2.67. The number of ether oxygens (including phenoxy) is 1. The van der Waals surface area contributed by atoms with Crippen LogP contribution in [-0.4, -0.2) is 71.9 Å². The van der Waals surface area contributed by atoms with Gasteiger partial charge in [-0.15, -0.1) is 37.2 Å². The summed E-state index contributed by atoms with van der Waals surface area (Å²) in [5.74, 6) is -0.304. The molecule has 6 nitrogen and oxygen atoms in total. The number of benzene rings is 1. The number of piperidine rings is 1. The molecule has 0 radical (unpaired) electrons. The molecule has 0 bridgehead atoms. The van der Waals surface area contributed by atoms with Crippen LogP contribution in [0.2, 0.25) is 0 Å². The Hall–Kier alpha value is -0.760. The zero-order chi connectivity index (χ0) is 17.7. The van der Waals surface area contributed by atoms with E-state index >= 15 is 0 Å². The van der Waals surface area contributed by atoms with E-state index in [1.54, 1.807) is 0 Å². The van der Waals surface area contributed by atoms with E-state index in [0.717, 1.165) is 39.3 Å². The van der Waals surface area contributed by atoms with Gasteiger partial charge in [-0.25, -0.2) is 4.79 Å². The Morgan fingerprint density at radius 1 is 1.11 bits per heavy atom. The Morgan fingerprint density at radius 2 is 1.68 bits per heavy atom. The highest BCUT2D eigenvalue weighted by Crippen LogP contribution is 2.28. The van der Waals surface area contributed by atoms with Gasteiger partial charge in [0.25, 0.3) is 5.72 Å². The van der Waals surface area contributed by atoms with Crippen LogP contribution in [0.3, 0.4) is 0 Å². The summed E-state index contributed by atoms with van der Waals surface area (Å²) >= 11 is 0. The molecule has 0 aliphatic carbocycles. The number of carbonyl (C=O) groups is 1. The van der Waals surface area contributed by atoms with Gasteiger partial charge in [-0.1, -0.05) is 25.1 Å². The van der Waals surface area contributed by atoms with Crippen LogP contribution in [0.25, 0.3) is 0 Å². The number of carboxylic acids is 1. The van der Waals surface area contributed by atoms with Gasteiger partial charge in [0.2, 0.25) is 0 Å². The van der Waals surface area contributed by atoms with E-state index in [9.17, 15) is 9.90 Å². The van der Waals surface area contributed by atoms with Crippen molar-refractivity contribution in [3.05, 3.63) is 30.3 Å². The molecule has 2 aliphatic rings. The molecule has 2 heterocycles. The van der Waals surface area contributed by atoms with E-state index in [1.807, 2.05) is 42.2 Å². The Labute approximate surface area is 186 Å². The quantitative estimate of drug-likeness (QED) is 0.686.